The highest BCUT2D eigenvalue weighted by Crippen LogP contribution is 2.41. The van der Waals surface area contributed by atoms with Crippen molar-refractivity contribution in [3.8, 4) is 0 Å². The molecule has 2 unspecified atom stereocenters. The van der Waals surface area contributed by atoms with Crippen LogP contribution < -0.4 is 5.32 Å². The molecular formula is C19H30N2. The van der Waals surface area contributed by atoms with Crippen LogP contribution in [0.5, 0.6) is 0 Å². The number of hydrogen-bond donors (Lipinski definition) is 1. The molecule has 1 aromatic carbocycles. The minimum absolute atomic E-state index is 0.330. The predicted molar refractivity (Wildman–Crippen MR) is 89.7 cm³/mol. The molecule has 1 aliphatic heterocycles. The molecule has 2 heteroatoms. The molecule has 116 valence electrons. The molecule has 21 heavy (non-hydrogen) atoms. The van der Waals surface area contributed by atoms with Gasteiger partial charge in [-0.25, -0.2) is 0 Å². The Morgan fingerprint density at radius 1 is 1.24 bits per heavy atom. The maximum atomic E-state index is 3.97. The first kappa shape index (κ1) is 15.1. The van der Waals surface area contributed by atoms with Gasteiger partial charge in [0, 0.05) is 18.6 Å². The molecule has 0 amide bonds. The summed E-state index contributed by atoms with van der Waals surface area (Å²) in [5.74, 6) is 0. The number of benzene rings is 1. The van der Waals surface area contributed by atoms with Gasteiger partial charge < -0.3 is 10.2 Å². The summed E-state index contributed by atoms with van der Waals surface area (Å²) in [6, 6.07) is 10.3. The van der Waals surface area contributed by atoms with Crippen LogP contribution in [0.3, 0.4) is 0 Å². The highest BCUT2D eigenvalue weighted by atomic mass is 15.2. The molecule has 1 fully saturated rings. The lowest BCUT2D eigenvalue weighted by Gasteiger charge is -2.41. The molecule has 2 atom stereocenters. The number of piperidine rings is 1. The van der Waals surface area contributed by atoms with E-state index < -0.39 is 0 Å². The highest BCUT2D eigenvalue weighted by molar-refractivity contribution is 5.38. The van der Waals surface area contributed by atoms with Crippen LogP contribution >= 0.6 is 0 Å². The lowest BCUT2D eigenvalue weighted by molar-refractivity contribution is 0.184. The number of rotatable bonds is 3. The van der Waals surface area contributed by atoms with Crippen molar-refractivity contribution in [2.45, 2.75) is 64.0 Å². The zero-order chi connectivity index (χ0) is 14.9. The molecule has 1 aliphatic carbocycles. The second-order valence-electron chi connectivity index (χ2n) is 7.46. The van der Waals surface area contributed by atoms with E-state index >= 15 is 0 Å². The number of nitrogens with zero attached hydrogens (tertiary/aromatic N) is 1. The molecule has 1 heterocycles. The smallest absolute Gasteiger partial charge is 0.0326 e. The third-order valence-corrected chi connectivity index (χ3v) is 5.51. The van der Waals surface area contributed by atoms with Crippen LogP contribution in [0.2, 0.25) is 0 Å². The molecule has 0 radical (unpaired) electrons. The van der Waals surface area contributed by atoms with Gasteiger partial charge in [-0.05, 0) is 55.3 Å². The topological polar surface area (TPSA) is 15.3 Å². The van der Waals surface area contributed by atoms with Crippen LogP contribution in [0.25, 0.3) is 0 Å². The van der Waals surface area contributed by atoms with Crippen molar-refractivity contribution in [3.63, 3.8) is 0 Å². The first-order chi connectivity index (χ1) is 10.1. The summed E-state index contributed by atoms with van der Waals surface area (Å²) < 4.78 is 0. The lowest BCUT2D eigenvalue weighted by atomic mass is 9.71. The van der Waals surface area contributed by atoms with Gasteiger partial charge in [-0.3, -0.25) is 0 Å². The summed E-state index contributed by atoms with van der Waals surface area (Å²) >= 11 is 0. The molecule has 0 bridgehead atoms. The van der Waals surface area contributed by atoms with E-state index in [0.717, 1.165) is 0 Å². The summed E-state index contributed by atoms with van der Waals surface area (Å²) in [5, 5.41) is 3.97. The van der Waals surface area contributed by atoms with E-state index in [4.69, 9.17) is 0 Å². The standard InChI is InChI=1S/C19H30N2/c1-4-21-13-7-8-15(14-21)20-18-11-12-19(2,3)17-10-6-5-9-16(17)18/h5-6,9-10,15,18,20H,4,7-8,11-14H2,1-3H3. The van der Waals surface area contributed by atoms with Gasteiger partial charge in [-0.15, -0.1) is 0 Å². The minimum Gasteiger partial charge on any atom is -0.306 e. The summed E-state index contributed by atoms with van der Waals surface area (Å²) in [7, 11) is 0. The normalized spacial score (nSPS) is 29.1. The Labute approximate surface area is 129 Å². The van der Waals surface area contributed by atoms with E-state index in [2.05, 4.69) is 55.3 Å². The fraction of sp³-hybridized carbons (Fsp3) is 0.684. The Morgan fingerprint density at radius 3 is 2.86 bits per heavy atom. The van der Waals surface area contributed by atoms with Gasteiger partial charge in [-0.1, -0.05) is 45.0 Å². The quantitative estimate of drug-likeness (QED) is 0.907. The second-order valence-corrected chi connectivity index (χ2v) is 7.46. The number of nitrogens with one attached hydrogen (secondary N) is 1. The SMILES string of the molecule is CCN1CCCC(NC2CCC(C)(C)c3ccccc32)C1. The van der Waals surface area contributed by atoms with Crippen molar-refractivity contribution in [3.05, 3.63) is 35.4 Å². The van der Waals surface area contributed by atoms with Crippen LogP contribution in [-0.4, -0.2) is 30.6 Å². The van der Waals surface area contributed by atoms with Crippen molar-refractivity contribution in [1.29, 1.82) is 0 Å². The van der Waals surface area contributed by atoms with Crippen molar-refractivity contribution >= 4 is 0 Å². The van der Waals surface area contributed by atoms with Gasteiger partial charge in [0.25, 0.3) is 0 Å². The Morgan fingerprint density at radius 2 is 2.05 bits per heavy atom. The zero-order valence-corrected chi connectivity index (χ0v) is 13.9. The molecule has 0 saturated carbocycles. The minimum atomic E-state index is 0.330. The number of likely N-dealkylation sites (N-methyl/N-ethyl adjacent to an activating group) is 1. The molecule has 1 saturated heterocycles. The first-order valence-electron chi connectivity index (χ1n) is 8.68. The highest BCUT2D eigenvalue weighted by Gasteiger charge is 2.33. The van der Waals surface area contributed by atoms with E-state index in [-0.39, 0.29) is 0 Å². The largest absolute Gasteiger partial charge is 0.306 e. The fourth-order valence-corrected chi connectivity index (χ4v) is 4.15. The number of likely N-dealkylation sites (tertiary alicyclic amines) is 1. The van der Waals surface area contributed by atoms with E-state index in [1.165, 1.54) is 45.3 Å². The van der Waals surface area contributed by atoms with Crippen LogP contribution in [0.15, 0.2) is 24.3 Å². The van der Waals surface area contributed by atoms with Gasteiger partial charge in [-0.2, -0.15) is 0 Å². The molecule has 2 aliphatic rings. The van der Waals surface area contributed by atoms with Crippen LogP contribution in [0, 0.1) is 0 Å². The molecule has 1 aromatic rings. The molecule has 0 aromatic heterocycles. The third-order valence-electron chi connectivity index (χ3n) is 5.51. The van der Waals surface area contributed by atoms with Gasteiger partial charge in [0.1, 0.15) is 0 Å². The Bertz CT molecular complexity index is 480. The Balaban J connectivity index is 1.75. The maximum absolute atomic E-state index is 3.97. The summed E-state index contributed by atoms with van der Waals surface area (Å²) in [6.45, 7) is 10.7. The third kappa shape index (κ3) is 3.17. The van der Waals surface area contributed by atoms with Crippen molar-refractivity contribution < 1.29 is 0 Å². The van der Waals surface area contributed by atoms with Gasteiger partial charge in [0.2, 0.25) is 0 Å². The lowest BCUT2D eigenvalue weighted by Crippen LogP contribution is -2.47. The Kier molecular flexibility index (Phi) is 4.37. The van der Waals surface area contributed by atoms with Crippen LogP contribution in [0.1, 0.15) is 63.6 Å². The zero-order valence-electron chi connectivity index (χ0n) is 13.9. The molecule has 0 spiro atoms. The summed E-state index contributed by atoms with van der Waals surface area (Å²) in [4.78, 5) is 2.58. The second kappa shape index (κ2) is 6.10. The maximum Gasteiger partial charge on any atom is 0.0326 e. The number of hydrogen-bond acceptors (Lipinski definition) is 2. The van der Waals surface area contributed by atoms with Crippen molar-refractivity contribution in [1.82, 2.24) is 10.2 Å². The van der Waals surface area contributed by atoms with Crippen LogP contribution in [-0.2, 0) is 5.41 Å². The Hall–Kier alpha value is -0.860. The fourth-order valence-electron chi connectivity index (χ4n) is 4.15. The van der Waals surface area contributed by atoms with Gasteiger partial charge in [0.05, 0.1) is 0 Å². The summed E-state index contributed by atoms with van der Waals surface area (Å²) in [6.07, 6.45) is 5.22. The molecule has 1 N–H and O–H groups in total. The summed E-state index contributed by atoms with van der Waals surface area (Å²) in [5.41, 5.74) is 3.43. The monoisotopic (exact) mass is 286 g/mol. The van der Waals surface area contributed by atoms with E-state index in [0.29, 0.717) is 17.5 Å². The van der Waals surface area contributed by atoms with E-state index in [1.54, 1.807) is 11.1 Å². The molecule has 3 rings (SSSR count). The molecule has 2 nitrogen and oxygen atoms in total. The van der Waals surface area contributed by atoms with Crippen LogP contribution in [0.4, 0.5) is 0 Å². The predicted octanol–water partition coefficient (Wildman–Crippen LogP) is 3.87. The average molecular weight is 286 g/mol. The van der Waals surface area contributed by atoms with Crippen molar-refractivity contribution in [2.75, 3.05) is 19.6 Å². The molecular weight excluding hydrogens is 256 g/mol. The number of fused-ring (bicyclic) bond motifs is 1. The van der Waals surface area contributed by atoms with E-state index in [9.17, 15) is 0 Å². The average Bonchev–Trinajstić information content (AvgIpc) is 2.51. The van der Waals surface area contributed by atoms with Gasteiger partial charge >= 0.3 is 0 Å². The van der Waals surface area contributed by atoms with Crippen molar-refractivity contribution in [2.24, 2.45) is 0 Å². The van der Waals surface area contributed by atoms with Gasteiger partial charge in [0.15, 0.2) is 0 Å². The first-order valence-corrected chi connectivity index (χ1v) is 8.68. The van der Waals surface area contributed by atoms with E-state index in [1.807, 2.05) is 0 Å².